The van der Waals surface area contributed by atoms with Crippen molar-refractivity contribution in [3.8, 4) is 0 Å². The van der Waals surface area contributed by atoms with Gasteiger partial charge in [0, 0.05) is 34.2 Å². The van der Waals surface area contributed by atoms with Gasteiger partial charge in [-0.3, -0.25) is 4.79 Å². The molecule has 1 unspecified atom stereocenters. The first kappa shape index (κ1) is 25.8. The molecule has 0 aliphatic carbocycles. The van der Waals surface area contributed by atoms with Crippen LogP contribution in [0.15, 0.2) is 53.4 Å². The molecule has 2 aromatic rings. The van der Waals surface area contributed by atoms with E-state index in [-0.39, 0.29) is 17.6 Å². The molecule has 33 heavy (non-hydrogen) atoms. The number of carbonyl (C=O) groups is 2. The maximum absolute atomic E-state index is 13.3. The molecule has 2 aromatic carbocycles. The molecule has 0 amide bonds. The summed E-state index contributed by atoms with van der Waals surface area (Å²) < 4.78 is 16.0. The molecule has 5 nitrogen and oxygen atoms in total. The zero-order valence-electron chi connectivity index (χ0n) is 19.3. The highest BCUT2D eigenvalue weighted by molar-refractivity contribution is 7.98. The first-order valence-corrected chi connectivity index (χ1v) is 12.8. The molecule has 1 fully saturated rings. The highest BCUT2D eigenvalue weighted by atomic mass is 35.5. The SMILES string of the molecule is COC(=O)C1(C)OCC(CCCCC(C(=O)c2ccc(Cl)cc2)c2ccc(SC)cc2)CO1. The number of benzene rings is 2. The lowest BCUT2D eigenvalue weighted by atomic mass is 9.86. The van der Waals surface area contributed by atoms with Gasteiger partial charge in [-0.2, -0.15) is 0 Å². The molecule has 1 aliphatic rings. The second-order valence-corrected chi connectivity index (χ2v) is 9.72. The summed E-state index contributed by atoms with van der Waals surface area (Å²) in [6, 6.07) is 15.4. The Bertz CT molecular complexity index is 921. The van der Waals surface area contributed by atoms with Crippen molar-refractivity contribution in [1.82, 2.24) is 0 Å². The molecule has 1 atom stereocenters. The van der Waals surface area contributed by atoms with Crippen LogP contribution in [0.4, 0.5) is 0 Å². The number of esters is 1. The van der Waals surface area contributed by atoms with E-state index in [1.54, 1.807) is 43.0 Å². The minimum atomic E-state index is -1.32. The first-order chi connectivity index (χ1) is 15.9. The quantitative estimate of drug-likeness (QED) is 0.172. The summed E-state index contributed by atoms with van der Waals surface area (Å²) in [5, 5.41) is 0.618. The first-order valence-electron chi connectivity index (χ1n) is 11.2. The predicted molar refractivity (Wildman–Crippen MR) is 131 cm³/mol. The molecule has 1 saturated heterocycles. The smallest absolute Gasteiger partial charge is 0.366 e. The summed E-state index contributed by atoms with van der Waals surface area (Å²) in [7, 11) is 1.32. The topological polar surface area (TPSA) is 61.8 Å². The minimum Gasteiger partial charge on any atom is -0.465 e. The van der Waals surface area contributed by atoms with Crippen molar-refractivity contribution in [2.75, 3.05) is 26.6 Å². The van der Waals surface area contributed by atoms with Crippen LogP contribution < -0.4 is 0 Å². The third kappa shape index (κ3) is 6.82. The Morgan fingerprint density at radius 1 is 1.09 bits per heavy atom. The Morgan fingerprint density at radius 2 is 1.73 bits per heavy atom. The van der Waals surface area contributed by atoms with Gasteiger partial charge in [0.25, 0.3) is 5.79 Å². The average Bonchev–Trinajstić information content (AvgIpc) is 2.85. The Morgan fingerprint density at radius 3 is 2.30 bits per heavy atom. The molecule has 0 saturated carbocycles. The Labute approximate surface area is 205 Å². The number of halogens is 1. The molecule has 0 N–H and O–H groups in total. The third-order valence-electron chi connectivity index (χ3n) is 6.06. The van der Waals surface area contributed by atoms with Gasteiger partial charge in [0.15, 0.2) is 5.78 Å². The highest BCUT2D eigenvalue weighted by Crippen LogP contribution is 2.30. The molecule has 0 radical (unpaired) electrons. The molecule has 0 spiro atoms. The van der Waals surface area contributed by atoms with Gasteiger partial charge in [-0.15, -0.1) is 11.8 Å². The van der Waals surface area contributed by atoms with Crippen LogP contribution in [0.5, 0.6) is 0 Å². The zero-order valence-corrected chi connectivity index (χ0v) is 20.9. The maximum Gasteiger partial charge on any atom is 0.366 e. The van der Waals surface area contributed by atoms with Crippen LogP contribution in [0.25, 0.3) is 0 Å². The largest absolute Gasteiger partial charge is 0.465 e. The summed E-state index contributed by atoms with van der Waals surface area (Å²) in [5.74, 6) is -1.71. The van der Waals surface area contributed by atoms with Gasteiger partial charge in [0.05, 0.1) is 20.3 Å². The van der Waals surface area contributed by atoms with Gasteiger partial charge >= 0.3 is 5.97 Å². The van der Waals surface area contributed by atoms with E-state index < -0.39 is 11.8 Å². The number of unbranched alkanes of at least 4 members (excludes halogenated alkanes) is 1. The number of ether oxygens (including phenoxy) is 3. The van der Waals surface area contributed by atoms with Crippen molar-refractivity contribution < 1.29 is 23.8 Å². The lowest BCUT2D eigenvalue weighted by Gasteiger charge is -2.35. The van der Waals surface area contributed by atoms with Crippen LogP contribution >= 0.6 is 23.4 Å². The number of Topliss-reactive ketones (excluding diaryl/α,β-unsaturated/α-hetero) is 1. The van der Waals surface area contributed by atoms with Crippen LogP contribution in [-0.2, 0) is 19.0 Å². The molecule has 7 heteroatoms. The van der Waals surface area contributed by atoms with Gasteiger partial charge in [0.1, 0.15) is 0 Å². The lowest BCUT2D eigenvalue weighted by Crippen LogP contribution is -2.48. The molecule has 3 rings (SSSR count). The molecular formula is C26H31ClO5S. The molecule has 0 bridgehead atoms. The van der Waals surface area contributed by atoms with Crippen molar-refractivity contribution in [1.29, 1.82) is 0 Å². The lowest BCUT2D eigenvalue weighted by molar-refractivity contribution is -0.272. The van der Waals surface area contributed by atoms with Crippen molar-refractivity contribution in [3.63, 3.8) is 0 Å². The van der Waals surface area contributed by atoms with E-state index in [2.05, 4.69) is 24.3 Å². The number of hydrogen-bond donors (Lipinski definition) is 0. The summed E-state index contributed by atoms with van der Waals surface area (Å²) in [6.45, 7) is 2.49. The van der Waals surface area contributed by atoms with Crippen LogP contribution in [0.3, 0.4) is 0 Å². The van der Waals surface area contributed by atoms with E-state index in [1.807, 2.05) is 6.26 Å². The summed E-state index contributed by atoms with van der Waals surface area (Å²) in [4.78, 5) is 26.3. The summed E-state index contributed by atoms with van der Waals surface area (Å²) >= 11 is 7.69. The number of hydrogen-bond acceptors (Lipinski definition) is 6. The van der Waals surface area contributed by atoms with Gasteiger partial charge in [0.2, 0.25) is 0 Å². The number of thioether (sulfide) groups is 1. The standard InChI is InChI=1S/C26H31ClO5S/c1-26(25(29)30-2)31-16-18(17-32-26)6-4-5-7-23(19-10-14-22(33-3)15-11-19)24(28)20-8-12-21(27)13-9-20/h8-15,18,23H,4-7,16-17H2,1-3H3. The Hall–Kier alpha value is -1.86. The molecular weight excluding hydrogens is 460 g/mol. The normalized spacial score (nSPS) is 21.4. The van der Waals surface area contributed by atoms with Crippen molar-refractivity contribution in [3.05, 3.63) is 64.7 Å². The van der Waals surface area contributed by atoms with E-state index in [0.717, 1.165) is 31.2 Å². The molecule has 1 aliphatic heterocycles. The Balaban J connectivity index is 1.58. The van der Waals surface area contributed by atoms with Crippen molar-refractivity contribution in [2.24, 2.45) is 5.92 Å². The zero-order chi connectivity index (χ0) is 23.8. The fraction of sp³-hybridized carbons (Fsp3) is 0.462. The molecule has 1 heterocycles. The average molecular weight is 491 g/mol. The van der Waals surface area contributed by atoms with Gasteiger partial charge in [-0.25, -0.2) is 4.79 Å². The highest BCUT2D eigenvalue weighted by Gasteiger charge is 2.41. The summed E-state index contributed by atoms with van der Waals surface area (Å²) in [6.07, 6.45) is 5.55. The van der Waals surface area contributed by atoms with Crippen molar-refractivity contribution >= 4 is 35.1 Å². The monoisotopic (exact) mass is 490 g/mol. The van der Waals surface area contributed by atoms with Gasteiger partial charge in [-0.1, -0.05) is 36.6 Å². The molecule has 178 valence electrons. The van der Waals surface area contributed by atoms with Gasteiger partial charge in [-0.05, 0) is 61.1 Å². The van der Waals surface area contributed by atoms with Gasteiger partial charge < -0.3 is 14.2 Å². The van der Waals surface area contributed by atoms with Crippen LogP contribution in [0.2, 0.25) is 5.02 Å². The van der Waals surface area contributed by atoms with Crippen molar-refractivity contribution in [2.45, 2.75) is 49.2 Å². The Kier molecular flexibility index (Phi) is 9.38. The van der Waals surface area contributed by atoms with Crippen LogP contribution in [0, 0.1) is 5.92 Å². The third-order valence-corrected chi connectivity index (χ3v) is 7.06. The number of carbonyl (C=O) groups excluding carboxylic acids is 2. The fourth-order valence-electron chi connectivity index (χ4n) is 4.00. The van der Waals surface area contributed by atoms with Crippen LogP contribution in [-0.4, -0.2) is 44.1 Å². The van der Waals surface area contributed by atoms with E-state index in [0.29, 0.717) is 23.8 Å². The number of methoxy groups -OCH3 is 1. The fourth-order valence-corrected chi connectivity index (χ4v) is 4.53. The maximum atomic E-state index is 13.3. The number of rotatable bonds is 10. The second kappa shape index (κ2) is 12.0. The number of ketones is 1. The van der Waals surface area contributed by atoms with E-state index in [1.165, 1.54) is 12.0 Å². The molecule has 0 aromatic heterocycles. The summed E-state index contributed by atoms with van der Waals surface area (Å²) in [5.41, 5.74) is 1.71. The second-order valence-electron chi connectivity index (χ2n) is 8.41. The van der Waals surface area contributed by atoms with Crippen LogP contribution in [0.1, 0.15) is 54.4 Å². The van der Waals surface area contributed by atoms with E-state index in [4.69, 9.17) is 25.8 Å². The van der Waals surface area contributed by atoms with E-state index in [9.17, 15) is 9.59 Å². The van der Waals surface area contributed by atoms with E-state index >= 15 is 0 Å². The minimum absolute atomic E-state index is 0.113. The predicted octanol–water partition coefficient (Wildman–Crippen LogP) is 6.14.